The molecule has 0 bridgehead atoms. The van der Waals surface area contributed by atoms with Crippen LogP contribution in [0.4, 0.5) is 0 Å². The topological polar surface area (TPSA) is 0 Å². The van der Waals surface area contributed by atoms with Crippen LogP contribution in [-0.4, -0.2) is 0 Å². The maximum Gasteiger partial charge on any atom is 0.0349 e. The van der Waals surface area contributed by atoms with Gasteiger partial charge >= 0.3 is 0 Å². The summed E-state index contributed by atoms with van der Waals surface area (Å²) in [6.07, 6.45) is 0. The molecule has 228 valence electrons. The van der Waals surface area contributed by atoms with Crippen LogP contribution in [0.1, 0.15) is 0 Å². The minimum absolute atomic E-state index is 1.24. The Balaban J connectivity index is 1.18. The molecule has 9 aromatic rings. The zero-order valence-corrected chi connectivity index (χ0v) is 27.5. The third-order valence-corrected chi connectivity index (χ3v) is 11.2. The van der Waals surface area contributed by atoms with Crippen LogP contribution < -0.4 is 0 Å². The monoisotopic (exact) mass is 638 g/mol. The Labute approximate surface area is 290 Å². The Bertz CT molecular complexity index is 2570. The summed E-state index contributed by atoms with van der Waals surface area (Å²) in [5, 5.41) is 5.21. The van der Waals surface area contributed by atoms with E-state index in [1.807, 2.05) is 11.3 Å². The standard InChI is InChI=1S/C48H30S/c1-4-13-32(14-5-1)42-29-30-43(49-42)33-25-23-31(24-26-33)36-27-28-41-46-37(36)21-12-22-40(46)47-44(34-15-6-2-7-16-34)38-19-10-11-20-39(38)45(48(41)47)35-17-8-3-9-18-35/h1-30H. The van der Waals surface area contributed by atoms with Crippen LogP contribution in [0.5, 0.6) is 0 Å². The quantitative estimate of drug-likeness (QED) is 0.176. The maximum absolute atomic E-state index is 2.38. The lowest BCUT2D eigenvalue weighted by Crippen LogP contribution is -1.93. The Hall–Kier alpha value is -6.02. The van der Waals surface area contributed by atoms with E-state index >= 15 is 0 Å². The smallest absolute Gasteiger partial charge is 0.0349 e. The molecule has 1 heteroatoms. The number of fused-ring (bicyclic) bond motifs is 4. The van der Waals surface area contributed by atoms with Gasteiger partial charge in [0.05, 0.1) is 0 Å². The largest absolute Gasteiger partial charge is 0.135 e. The fourth-order valence-corrected chi connectivity index (χ4v) is 8.94. The molecule has 1 heterocycles. The summed E-state index contributed by atoms with van der Waals surface area (Å²) in [4.78, 5) is 2.58. The van der Waals surface area contributed by atoms with Crippen LogP contribution in [0.2, 0.25) is 0 Å². The first-order chi connectivity index (χ1) is 24.3. The van der Waals surface area contributed by atoms with Gasteiger partial charge in [0.1, 0.15) is 0 Å². The molecule has 10 rings (SSSR count). The Morgan fingerprint density at radius 1 is 0.245 bits per heavy atom. The molecule has 0 N–H and O–H groups in total. The highest BCUT2D eigenvalue weighted by molar-refractivity contribution is 7.18. The van der Waals surface area contributed by atoms with Gasteiger partial charge in [-0.2, -0.15) is 0 Å². The van der Waals surface area contributed by atoms with Crippen LogP contribution in [-0.2, 0) is 0 Å². The highest BCUT2D eigenvalue weighted by atomic mass is 32.1. The molecule has 0 radical (unpaired) electrons. The predicted molar refractivity (Wildman–Crippen MR) is 211 cm³/mol. The lowest BCUT2D eigenvalue weighted by molar-refractivity contribution is 1.62. The fourth-order valence-electron chi connectivity index (χ4n) is 7.93. The van der Waals surface area contributed by atoms with Crippen molar-refractivity contribution in [2.75, 3.05) is 0 Å². The molecule has 0 aliphatic heterocycles. The average molecular weight is 639 g/mol. The highest BCUT2D eigenvalue weighted by Crippen LogP contribution is 2.58. The number of rotatable bonds is 5. The second-order valence-electron chi connectivity index (χ2n) is 12.8. The molecule has 1 aromatic heterocycles. The van der Waals surface area contributed by atoms with Gasteiger partial charge in [-0.05, 0) is 100 Å². The number of benzene rings is 8. The summed E-state index contributed by atoms with van der Waals surface area (Å²) in [6, 6.07) is 66.7. The summed E-state index contributed by atoms with van der Waals surface area (Å²) in [5.41, 5.74) is 15.4. The van der Waals surface area contributed by atoms with Gasteiger partial charge in [-0.1, -0.05) is 170 Å². The van der Waals surface area contributed by atoms with Crippen LogP contribution in [0.3, 0.4) is 0 Å². The molecule has 49 heavy (non-hydrogen) atoms. The zero-order valence-electron chi connectivity index (χ0n) is 26.7. The van der Waals surface area contributed by atoms with Crippen LogP contribution in [0.15, 0.2) is 182 Å². The Morgan fingerprint density at radius 2 is 0.673 bits per heavy atom. The molecular weight excluding hydrogens is 609 g/mol. The molecule has 0 saturated heterocycles. The summed E-state index contributed by atoms with van der Waals surface area (Å²) in [5.74, 6) is 0. The van der Waals surface area contributed by atoms with E-state index in [4.69, 9.17) is 0 Å². The second kappa shape index (κ2) is 11.3. The van der Waals surface area contributed by atoms with Crippen LogP contribution in [0.25, 0.3) is 98.1 Å². The summed E-state index contributed by atoms with van der Waals surface area (Å²) in [7, 11) is 0. The van der Waals surface area contributed by atoms with Crippen molar-refractivity contribution in [3.8, 4) is 76.5 Å². The van der Waals surface area contributed by atoms with E-state index in [2.05, 4.69) is 182 Å². The maximum atomic E-state index is 2.38. The van der Waals surface area contributed by atoms with Gasteiger partial charge in [-0.25, -0.2) is 0 Å². The molecule has 0 nitrogen and oxygen atoms in total. The predicted octanol–water partition coefficient (Wildman–Crippen LogP) is 14.0. The van der Waals surface area contributed by atoms with Crippen molar-refractivity contribution >= 4 is 32.9 Å². The van der Waals surface area contributed by atoms with Crippen molar-refractivity contribution in [1.82, 2.24) is 0 Å². The molecule has 1 aliphatic rings. The first kappa shape index (κ1) is 28.0. The van der Waals surface area contributed by atoms with Crippen molar-refractivity contribution in [3.05, 3.63) is 182 Å². The van der Waals surface area contributed by atoms with Crippen LogP contribution >= 0.6 is 11.3 Å². The fraction of sp³-hybridized carbons (Fsp3) is 0. The van der Waals surface area contributed by atoms with Gasteiger partial charge in [0.25, 0.3) is 0 Å². The van der Waals surface area contributed by atoms with Crippen molar-refractivity contribution in [1.29, 1.82) is 0 Å². The van der Waals surface area contributed by atoms with E-state index in [1.165, 1.54) is 98.1 Å². The van der Waals surface area contributed by atoms with Gasteiger partial charge in [-0.3, -0.25) is 0 Å². The van der Waals surface area contributed by atoms with E-state index < -0.39 is 0 Å². The second-order valence-corrected chi connectivity index (χ2v) is 13.9. The van der Waals surface area contributed by atoms with Crippen molar-refractivity contribution in [2.45, 2.75) is 0 Å². The first-order valence-electron chi connectivity index (χ1n) is 16.9. The van der Waals surface area contributed by atoms with E-state index in [1.54, 1.807) is 0 Å². The zero-order chi connectivity index (χ0) is 32.3. The number of thiophene rings is 1. The van der Waals surface area contributed by atoms with E-state index in [0.29, 0.717) is 0 Å². The average Bonchev–Trinajstić information content (AvgIpc) is 3.80. The van der Waals surface area contributed by atoms with E-state index in [0.717, 1.165) is 0 Å². The minimum atomic E-state index is 1.24. The molecule has 0 unspecified atom stereocenters. The Kier molecular flexibility index (Phi) is 6.47. The third kappa shape index (κ3) is 4.44. The molecule has 0 saturated carbocycles. The highest BCUT2D eigenvalue weighted by Gasteiger charge is 2.31. The van der Waals surface area contributed by atoms with Gasteiger partial charge in [0.2, 0.25) is 0 Å². The van der Waals surface area contributed by atoms with Gasteiger partial charge in [-0.15, -0.1) is 11.3 Å². The summed E-state index contributed by atoms with van der Waals surface area (Å²) < 4.78 is 0. The van der Waals surface area contributed by atoms with E-state index in [9.17, 15) is 0 Å². The molecule has 0 fully saturated rings. The Morgan fingerprint density at radius 3 is 1.24 bits per heavy atom. The molecule has 1 aliphatic carbocycles. The van der Waals surface area contributed by atoms with Crippen LogP contribution in [0, 0.1) is 0 Å². The lowest BCUT2D eigenvalue weighted by Gasteiger charge is -2.20. The van der Waals surface area contributed by atoms with Crippen molar-refractivity contribution in [3.63, 3.8) is 0 Å². The third-order valence-electron chi connectivity index (χ3n) is 10.1. The number of hydrogen-bond acceptors (Lipinski definition) is 1. The number of hydrogen-bond donors (Lipinski definition) is 0. The van der Waals surface area contributed by atoms with Crippen molar-refractivity contribution in [2.24, 2.45) is 0 Å². The van der Waals surface area contributed by atoms with E-state index in [-0.39, 0.29) is 0 Å². The SMILES string of the molecule is c1ccc(-c2ccc(-c3ccc(-c4ccc5c6c(cccc46)-c4c-5c(-c5ccccc5)c5ccccc5c4-c4ccccc4)cc3)s2)cc1. The lowest BCUT2D eigenvalue weighted by atomic mass is 9.82. The molecule has 0 atom stereocenters. The molecule has 0 spiro atoms. The van der Waals surface area contributed by atoms with Gasteiger partial charge < -0.3 is 0 Å². The van der Waals surface area contributed by atoms with Gasteiger partial charge in [0, 0.05) is 9.75 Å². The molecule has 0 amide bonds. The normalized spacial score (nSPS) is 11.7. The minimum Gasteiger partial charge on any atom is -0.135 e. The molecular formula is C48H30S. The summed E-state index contributed by atoms with van der Waals surface area (Å²) in [6.45, 7) is 0. The van der Waals surface area contributed by atoms with Crippen molar-refractivity contribution < 1.29 is 0 Å². The summed E-state index contributed by atoms with van der Waals surface area (Å²) >= 11 is 1.85. The molecule has 8 aromatic carbocycles. The first-order valence-corrected chi connectivity index (χ1v) is 17.7. The van der Waals surface area contributed by atoms with Gasteiger partial charge in [0.15, 0.2) is 0 Å².